The number of ether oxygens (including phenoxy) is 2. The van der Waals surface area contributed by atoms with Gasteiger partial charge in [-0.15, -0.1) is 10.2 Å². The van der Waals surface area contributed by atoms with Gasteiger partial charge in [-0.05, 0) is 50.5 Å². The van der Waals surface area contributed by atoms with E-state index in [4.69, 9.17) is 9.47 Å². The second-order valence-corrected chi connectivity index (χ2v) is 6.78. The lowest BCUT2D eigenvalue weighted by Crippen LogP contribution is -2.24. The molecule has 1 saturated heterocycles. The molecule has 26 heavy (non-hydrogen) atoms. The van der Waals surface area contributed by atoms with E-state index in [1.54, 1.807) is 0 Å². The fourth-order valence-electron chi connectivity index (χ4n) is 3.33. The lowest BCUT2D eigenvalue weighted by Gasteiger charge is -2.22. The maximum absolute atomic E-state index is 5.60. The molecule has 0 atom stereocenters. The van der Waals surface area contributed by atoms with Gasteiger partial charge in [0.05, 0.1) is 18.7 Å². The van der Waals surface area contributed by atoms with Gasteiger partial charge >= 0.3 is 0 Å². The van der Waals surface area contributed by atoms with Gasteiger partial charge in [0.25, 0.3) is 0 Å². The third kappa shape index (κ3) is 3.61. The Kier molecular flexibility index (Phi) is 4.95. The Bertz CT molecular complexity index is 900. The molecule has 0 unspecified atom stereocenters. The highest BCUT2D eigenvalue weighted by molar-refractivity contribution is 5.83. The van der Waals surface area contributed by atoms with Crippen molar-refractivity contribution in [1.82, 2.24) is 19.7 Å². The second-order valence-electron chi connectivity index (χ2n) is 6.78. The van der Waals surface area contributed by atoms with Crippen molar-refractivity contribution in [1.29, 1.82) is 0 Å². The largest absolute Gasteiger partial charge is 0.353 e. The molecular formula is C20H24N4O2. The van der Waals surface area contributed by atoms with E-state index in [2.05, 4.69) is 37.9 Å². The predicted octanol–water partition coefficient (Wildman–Crippen LogP) is 3.42. The summed E-state index contributed by atoms with van der Waals surface area (Å²) in [5, 5.41) is 9.91. The smallest absolute Gasteiger partial charge is 0.163 e. The van der Waals surface area contributed by atoms with Crippen LogP contribution in [0.2, 0.25) is 0 Å². The summed E-state index contributed by atoms with van der Waals surface area (Å²) in [4.78, 5) is 4.56. The minimum Gasteiger partial charge on any atom is -0.353 e. The van der Waals surface area contributed by atoms with E-state index in [0.717, 1.165) is 72.7 Å². The Labute approximate surface area is 153 Å². The van der Waals surface area contributed by atoms with Gasteiger partial charge in [-0.25, -0.2) is 0 Å². The van der Waals surface area contributed by atoms with Gasteiger partial charge in [0.15, 0.2) is 12.1 Å². The Morgan fingerprint density at radius 1 is 1.12 bits per heavy atom. The Morgan fingerprint density at radius 3 is 2.81 bits per heavy atom. The number of pyridine rings is 1. The number of nitrogens with zero attached hydrogens (tertiary/aromatic N) is 4. The first-order chi connectivity index (χ1) is 12.7. The van der Waals surface area contributed by atoms with Gasteiger partial charge in [-0.3, -0.25) is 4.98 Å². The van der Waals surface area contributed by atoms with E-state index < -0.39 is 0 Å². The third-order valence-electron chi connectivity index (χ3n) is 4.79. The van der Waals surface area contributed by atoms with Crippen molar-refractivity contribution in [3.63, 3.8) is 0 Å². The molecule has 1 fully saturated rings. The lowest BCUT2D eigenvalue weighted by atomic mass is 10.1. The van der Waals surface area contributed by atoms with Crippen molar-refractivity contribution in [3.8, 4) is 11.4 Å². The van der Waals surface area contributed by atoms with Crippen LogP contribution in [0.1, 0.15) is 30.8 Å². The minimum absolute atomic E-state index is 0.0621. The molecule has 3 heterocycles. The number of rotatable bonds is 5. The van der Waals surface area contributed by atoms with Crippen molar-refractivity contribution < 1.29 is 9.47 Å². The zero-order valence-corrected chi connectivity index (χ0v) is 15.3. The van der Waals surface area contributed by atoms with Crippen LogP contribution in [0.15, 0.2) is 30.3 Å². The quantitative estimate of drug-likeness (QED) is 0.704. The van der Waals surface area contributed by atoms with Gasteiger partial charge in [0.2, 0.25) is 0 Å². The summed E-state index contributed by atoms with van der Waals surface area (Å²) < 4.78 is 13.3. The zero-order chi connectivity index (χ0) is 17.9. The van der Waals surface area contributed by atoms with Crippen molar-refractivity contribution >= 4 is 10.9 Å². The molecule has 6 nitrogen and oxygen atoms in total. The van der Waals surface area contributed by atoms with Gasteiger partial charge in [-0.1, -0.05) is 6.07 Å². The summed E-state index contributed by atoms with van der Waals surface area (Å²) >= 11 is 0. The molecule has 0 radical (unpaired) electrons. The molecule has 0 aliphatic carbocycles. The first-order valence-corrected chi connectivity index (χ1v) is 9.20. The minimum atomic E-state index is -0.0621. The Morgan fingerprint density at radius 2 is 1.96 bits per heavy atom. The average molecular weight is 352 g/mol. The normalized spacial score (nSPS) is 15.6. The monoisotopic (exact) mass is 352 g/mol. The molecule has 1 aliphatic heterocycles. The summed E-state index contributed by atoms with van der Waals surface area (Å²) in [6, 6.07) is 10.4. The number of fused-ring (bicyclic) bond motifs is 1. The average Bonchev–Trinajstić information content (AvgIpc) is 3.03. The van der Waals surface area contributed by atoms with Crippen LogP contribution in [0.3, 0.4) is 0 Å². The van der Waals surface area contributed by atoms with Crippen molar-refractivity contribution in [2.24, 2.45) is 7.05 Å². The van der Waals surface area contributed by atoms with E-state index in [0.29, 0.717) is 0 Å². The summed E-state index contributed by atoms with van der Waals surface area (Å²) in [5.74, 6) is 1.87. The first-order valence-electron chi connectivity index (χ1n) is 9.20. The Balaban J connectivity index is 1.47. The molecular weight excluding hydrogens is 328 g/mol. The molecule has 136 valence electrons. The van der Waals surface area contributed by atoms with Gasteiger partial charge in [-0.2, -0.15) is 0 Å². The highest BCUT2D eigenvalue weighted by Crippen LogP contribution is 2.23. The standard InChI is InChI=1S/C20H24N4O2/c1-14-7-8-15-13-16(9-10-17(15)21-14)20-23-22-18(24(20)2)5-3-6-19-25-11-4-12-26-19/h7-10,13,19H,3-6,11-12H2,1-2H3. The van der Waals surface area contributed by atoms with E-state index in [1.165, 1.54) is 0 Å². The maximum atomic E-state index is 5.60. The van der Waals surface area contributed by atoms with E-state index >= 15 is 0 Å². The fourth-order valence-corrected chi connectivity index (χ4v) is 3.33. The molecule has 0 bridgehead atoms. The van der Waals surface area contributed by atoms with Crippen LogP contribution < -0.4 is 0 Å². The molecule has 0 spiro atoms. The number of hydrogen-bond donors (Lipinski definition) is 0. The predicted molar refractivity (Wildman–Crippen MR) is 99.7 cm³/mol. The van der Waals surface area contributed by atoms with Crippen LogP contribution in [0.4, 0.5) is 0 Å². The second kappa shape index (κ2) is 7.51. The van der Waals surface area contributed by atoms with Crippen LogP contribution in [0, 0.1) is 6.92 Å². The molecule has 1 aliphatic rings. The van der Waals surface area contributed by atoms with Gasteiger partial charge in [0.1, 0.15) is 5.82 Å². The van der Waals surface area contributed by atoms with Crippen molar-refractivity contribution in [3.05, 3.63) is 41.9 Å². The van der Waals surface area contributed by atoms with Crippen LogP contribution in [0.25, 0.3) is 22.3 Å². The molecule has 2 aromatic heterocycles. The number of aromatic nitrogens is 4. The molecule has 1 aromatic carbocycles. The van der Waals surface area contributed by atoms with E-state index in [1.807, 2.05) is 26.1 Å². The molecule has 0 amide bonds. The third-order valence-corrected chi connectivity index (χ3v) is 4.79. The number of benzene rings is 1. The topological polar surface area (TPSA) is 62.1 Å². The lowest BCUT2D eigenvalue weighted by molar-refractivity contribution is -0.181. The van der Waals surface area contributed by atoms with Gasteiger partial charge < -0.3 is 14.0 Å². The van der Waals surface area contributed by atoms with Crippen LogP contribution in [-0.4, -0.2) is 39.3 Å². The molecule has 3 aromatic rings. The highest BCUT2D eigenvalue weighted by Gasteiger charge is 2.15. The number of hydrogen-bond acceptors (Lipinski definition) is 5. The first kappa shape index (κ1) is 17.1. The summed E-state index contributed by atoms with van der Waals surface area (Å²) in [5.41, 5.74) is 3.09. The fraction of sp³-hybridized carbons (Fsp3) is 0.450. The summed E-state index contributed by atoms with van der Waals surface area (Å²) in [6.07, 6.45) is 3.65. The summed E-state index contributed by atoms with van der Waals surface area (Å²) in [6.45, 7) is 3.61. The molecule has 6 heteroatoms. The SMILES string of the molecule is Cc1ccc2cc(-c3nnc(CCCC4OCCCO4)n3C)ccc2n1. The maximum Gasteiger partial charge on any atom is 0.163 e. The van der Waals surface area contributed by atoms with E-state index in [-0.39, 0.29) is 6.29 Å². The van der Waals surface area contributed by atoms with E-state index in [9.17, 15) is 0 Å². The van der Waals surface area contributed by atoms with Crippen molar-refractivity contribution in [2.45, 2.75) is 38.9 Å². The summed E-state index contributed by atoms with van der Waals surface area (Å²) in [7, 11) is 2.02. The number of aryl methyl sites for hydroxylation is 2. The highest BCUT2D eigenvalue weighted by atomic mass is 16.7. The molecule has 0 saturated carbocycles. The van der Waals surface area contributed by atoms with Crippen LogP contribution in [-0.2, 0) is 22.9 Å². The van der Waals surface area contributed by atoms with Crippen LogP contribution in [0.5, 0.6) is 0 Å². The van der Waals surface area contributed by atoms with Gasteiger partial charge in [0, 0.05) is 30.1 Å². The van der Waals surface area contributed by atoms with Crippen LogP contribution >= 0.6 is 0 Å². The molecule has 4 rings (SSSR count). The molecule has 0 N–H and O–H groups in total. The Hall–Kier alpha value is -2.31. The zero-order valence-electron chi connectivity index (χ0n) is 15.3. The van der Waals surface area contributed by atoms with Crippen molar-refractivity contribution in [2.75, 3.05) is 13.2 Å².